The zero-order chi connectivity index (χ0) is 33.9. The Morgan fingerprint density at radius 1 is 0.878 bits per heavy atom. The molecular weight excluding hydrogens is 643 g/mol. The molecule has 4 amide bonds. The fourth-order valence-electron chi connectivity index (χ4n) is 5.97. The average molecular weight is 676 g/mol. The summed E-state index contributed by atoms with van der Waals surface area (Å²) < 4.78 is 12.6. The van der Waals surface area contributed by atoms with Crippen LogP contribution in [0, 0.1) is 0 Å². The maximum absolute atomic E-state index is 13.0. The summed E-state index contributed by atoms with van der Waals surface area (Å²) in [6.45, 7) is 1.15. The highest BCUT2D eigenvalue weighted by Crippen LogP contribution is 2.33. The Kier molecular flexibility index (Phi) is 9.14. The van der Waals surface area contributed by atoms with E-state index < -0.39 is 29.7 Å². The molecule has 2 aliphatic heterocycles. The van der Waals surface area contributed by atoms with E-state index in [0.717, 1.165) is 61.0 Å². The normalized spacial score (nSPS) is 15.9. The van der Waals surface area contributed by atoms with Gasteiger partial charge in [-0.3, -0.25) is 34.4 Å². The van der Waals surface area contributed by atoms with Gasteiger partial charge in [-0.05, 0) is 67.3 Å². The number of amides is 4. The maximum atomic E-state index is 13.0. The summed E-state index contributed by atoms with van der Waals surface area (Å²) in [6, 6.07) is 22.4. The first-order chi connectivity index (χ1) is 23.9. The molecule has 7 rings (SSSR count). The van der Waals surface area contributed by atoms with Crippen LogP contribution in [-0.4, -0.2) is 71.4 Å². The Balaban J connectivity index is 0.841. The molecule has 11 nitrogen and oxygen atoms in total. The first-order valence-electron chi connectivity index (χ1n) is 16.1. The van der Waals surface area contributed by atoms with E-state index in [1.807, 2.05) is 31.4 Å². The lowest BCUT2D eigenvalue weighted by molar-refractivity contribution is -0.136. The molecule has 0 radical (unpaired) electrons. The summed E-state index contributed by atoms with van der Waals surface area (Å²) in [5, 5.41) is 6.36. The molecule has 49 heavy (non-hydrogen) atoms. The van der Waals surface area contributed by atoms with Crippen molar-refractivity contribution in [3.63, 3.8) is 0 Å². The van der Waals surface area contributed by atoms with E-state index in [1.165, 1.54) is 12.1 Å². The van der Waals surface area contributed by atoms with Crippen LogP contribution in [0.15, 0.2) is 79.0 Å². The van der Waals surface area contributed by atoms with Crippen molar-refractivity contribution in [2.24, 2.45) is 0 Å². The van der Waals surface area contributed by atoms with Gasteiger partial charge in [0.05, 0.1) is 28.0 Å². The fourth-order valence-corrected chi connectivity index (χ4v) is 6.98. The molecule has 2 aliphatic rings. The Hall–Kier alpha value is -5.46. The number of nitrogens with zero attached hydrogens (tertiary/aromatic N) is 3. The Bertz CT molecular complexity index is 2060. The van der Waals surface area contributed by atoms with Crippen molar-refractivity contribution in [3.8, 4) is 27.4 Å². The maximum Gasteiger partial charge on any atom is 0.262 e. The lowest BCUT2D eigenvalue weighted by Crippen LogP contribution is -2.54. The van der Waals surface area contributed by atoms with Gasteiger partial charge >= 0.3 is 0 Å². The van der Waals surface area contributed by atoms with E-state index in [0.29, 0.717) is 19.0 Å². The lowest BCUT2D eigenvalue weighted by Gasteiger charge is -2.27. The third-order valence-electron chi connectivity index (χ3n) is 8.60. The molecule has 2 N–H and O–H groups in total. The molecule has 5 aromatic rings. The van der Waals surface area contributed by atoms with Gasteiger partial charge < -0.3 is 14.8 Å². The van der Waals surface area contributed by atoms with Crippen molar-refractivity contribution < 1.29 is 28.7 Å². The van der Waals surface area contributed by atoms with Crippen LogP contribution in [0.4, 0.5) is 5.69 Å². The highest BCUT2D eigenvalue weighted by atomic mass is 32.1. The molecule has 1 fully saturated rings. The highest BCUT2D eigenvalue weighted by Gasteiger charge is 2.44. The van der Waals surface area contributed by atoms with Gasteiger partial charge in [-0.1, -0.05) is 30.3 Å². The zero-order valence-corrected chi connectivity index (χ0v) is 27.5. The summed E-state index contributed by atoms with van der Waals surface area (Å²) in [4.78, 5) is 60.0. The molecule has 0 bridgehead atoms. The van der Waals surface area contributed by atoms with Gasteiger partial charge in [0.2, 0.25) is 11.8 Å². The van der Waals surface area contributed by atoms with Gasteiger partial charge in [0.25, 0.3) is 11.8 Å². The number of rotatable bonds is 12. The number of hydrogen-bond donors (Lipinski definition) is 2. The lowest BCUT2D eigenvalue weighted by atomic mass is 10.0. The van der Waals surface area contributed by atoms with Gasteiger partial charge in [-0.25, -0.2) is 4.98 Å². The Labute approximate surface area is 286 Å². The third kappa shape index (κ3) is 6.78. The quantitative estimate of drug-likeness (QED) is 0.130. The molecule has 1 atom stereocenters. The average Bonchev–Trinajstić information content (AvgIpc) is 3.66. The molecule has 0 aliphatic carbocycles. The number of carbonyl (C=O) groups excluding carboxylic acids is 4. The number of aryl methyl sites for hydroxylation is 1. The second-order valence-corrected chi connectivity index (χ2v) is 12.8. The van der Waals surface area contributed by atoms with Gasteiger partial charge in [0.1, 0.15) is 23.4 Å². The molecule has 0 spiro atoms. The van der Waals surface area contributed by atoms with Crippen LogP contribution >= 0.6 is 11.3 Å². The van der Waals surface area contributed by atoms with E-state index >= 15 is 0 Å². The topological polar surface area (TPSA) is 140 Å². The van der Waals surface area contributed by atoms with Crippen LogP contribution in [0.2, 0.25) is 0 Å². The summed E-state index contributed by atoms with van der Waals surface area (Å²) in [5.74, 6) is -1.75. The van der Waals surface area contributed by atoms with E-state index in [9.17, 15) is 19.2 Å². The van der Waals surface area contributed by atoms with Crippen LogP contribution in [0.5, 0.6) is 5.75 Å². The van der Waals surface area contributed by atoms with E-state index in [2.05, 4.69) is 52.0 Å². The van der Waals surface area contributed by atoms with Crippen molar-refractivity contribution in [2.75, 3.05) is 32.2 Å². The number of hydrogen-bond acceptors (Lipinski definition) is 10. The van der Waals surface area contributed by atoms with Crippen LogP contribution in [0.3, 0.4) is 0 Å². The minimum absolute atomic E-state index is 0.0715. The van der Waals surface area contributed by atoms with E-state index in [4.69, 9.17) is 14.5 Å². The molecule has 12 heteroatoms. The molecule has 248 valence electrons. The zero-order valence-electron chi connectivity index (χ0n) is 26.7. The standard InChI is InChI=1S/C37H33N5O6S/c1-38-26-10-13-30-32(19-26)49-35(40-30)23-6-4-22(5-7-23)24-8-9-25(39-21-24)3-2-16-47-17-18-48-27-11-12-28-29(20-27)37(46)42(36(28)45)31-14-15-33(43)41-34(31)44/h4-13,19-21,31,38H,2-3,14-18H2,1H3,(H,41,43,44). The van der Waals surface area contributed by atoms with Crippen molar-refractivity contribution in [2.45, 2.75) is 31.7 Å². The molecule has 3 aromatic carbocycles. The SMILES string of the molecule is CNc1ccc2nc(-c3ccc(-c4ccc(CCCOCCOc5ccc6c(c5)C(=O)N(C5CCC(=O)NC5=O)C6=O)nc4)cc3)sc2c1. The second-order valence-electron chi connectivity index (χ2n) is 11.8. The number of pyridine rings is 1. The molecule has 1 saturated heterocycles. The fraction of sp³-hybridized carbons (Fsp3) is 0.243. The second kappa shape index (κ2) is 14.0. The van der Waals surface area contributed by atoms with Gasteiger partial charge in [-0.15, -0.1) is 11.3 Å². The number of benzene rings is 3. The van der Waals surface area contributed by atoms with Crippen LogP contribution in [-0.2, 0) is 20.7 Å². The number of aromatic nitrogens is 2. The predicted octanol–water partition coefficient (Wildman–Crippen LogP) is 5.50. The molecule has 1 unspecified atom stereocenters. The summed E-state index contributed by atoms with van der Waals surface area (Å²) in [5.41, 5.74) is 6.67. The van der Waals surface area contributed by atoms with Crippen molar-refractivity contribution in [1.82, 2.24) is 20.2 Å². The number of fused-ring (bicyclic) bond motifs is 2. The largest absolute Gasteiger partial charge is 0.491 e. The summed E-state index contributed by atoms with van der Waals surface area (Å²) in [6.07, 6.45) is 3.65. The van der Waals surface area contributed by atoms with Crippen LogP contribution < -0.4 is 15.4 Å². The van der Waals surface area contributed by atoms with Gasteiger partial charge in [-0.2, -0.15) is 0 Å². The Morgan fingerprint density at radius 3 is 2.45 bits per heavy atom. The number of anilines is 1. The third-order valence-corrected chi connectivity index (χ3v) is 9.66. The number of carbonyl (C=O) groups is 4. The number of thiazole rings is 1. The summed E-state index contributed by atoms with van der Waals surface area (Å²) in [7, 11) is 1.91. The number of imide groups is 2. The molecular formula is C37H33N5O6S. The van der Waals surface area contributed by atoms with Crippen LogP contribution in [0.1, 0.15) is 45.7 Å². The smallest absolute Gasteiger partial charge is 0.262 e. The first-order valence-corrected chi connectivity index (χ1v) is 16.9. The molecule has 4 heterocycles. The van der Waals surface area contributed by atoms with E-state index in [-0.39, 0.29) is 30.6 Å². The minimum Gasteiger partial charge on any atom is -0.491 e. The minimum atomic E-state index is -1.00. The number of ether oxygens (including phenoxy) is 2. The molecule has 2 aromatic heterocycles. The highest BCUT2D eigenvalue weighted by molar-refractivity contribution is 7.21. The molecule has 0 saturated carbocycles. The van der Waals surface area contributed by atoms with E-state index in [1.54, 1.807) is 17.4 Å². The number of piperidine rings is 1. The van der Waals surface area contributed by atoms with Gasteiger partial charge in [0.15, 0.2) is 0 Å². The Morgan fingerprint density at radius 2 is 1.67 bits per heavy atom. The van der Waals surface area contributed by atoms with Crippen molar-refractivity contribution in [1.29, 1.82) is 0 Å². The van der Waals surface area contributed by atoms with Crippen molar-refractivity contribution >= 4 is 50.9 Å². The van der Waals surface area contributed by atoms with Gasteiger partial charge in [0, 0.05) is 48.8 Å². The number of nitrogens with one attached hydrogen (secondary N) is 2. The van der Waals surface area contributed by atoms with Crippen LogP contribution in [0.25, 0.3) is 31.9 Å². The van der Waals surface area contributed by atoms with Crippen molar-refractivity contribution in [3.05, 3.63) is 95.8 Å². The monoisotopic (exact) mass is 675 g/mol. The summed E-state index contributed by atoms with van der Waals surface area (Å²) >= 11 is 1.68. The predicted molar refractivity (Wildman–Crippen MR) is 186 cm³/mol. The first kappa shape index (κ1) is 32.1.